The molecule has 106 valence electrons. The van der Waals surface area contributed by atoms with Crippen molar-refractivity contribution in [3.8, 4) is 0 Å². The lowest BCUT2D eigenvalue weighted by atomic mass is 9.82. The third kappa shape index (κ3) is 3.17. The summed E-state index contributed by atoms with van der Waals surface area (Å²) in [6.45, 7) is 0.731. The lowest BCUT2D eigenvalue weighted by Crippen LogP contribution is -2.37. The number of hydrogen-bond donors (Lipinski definition) is 3. The summed E-state index contributed by atoms with van der Waals surface area (Å²) in [4.78, 5) is 1.96. The monoisotopic (exact) mass is 285 g/mol. The van der Waals surface area contributed by atoms with E-state index in [1.807, 2.05) is 11.9 Å². The summed E-state index contributed by atoms with van der Waals surface area (Å²) in [5, 5.41) is 14.4. The maximum Gasteiger partial charge on any atom is 0.238 e. The fraction of sp³-hybridized carbons (Fsp3) is 0.500. The summed E-state index contributed by atoms with van der Waals surface area (Å²) in [5.41, 5.74) is 7.02. The zero-order valence-corrected chi connectivity index (χ0v) is 11.6. The molecule has 19 heavy (non-hydrogen) atoms. The zero-order chi connectivity index (χ0) is 14.2. The van der Waals surface area contributed by atoms with E-state index < -0.39 is 10.0 Å². The van der Waals surface area contributed by atoms with E-state index in [4.69, 9.17) is 10.9 Å². The minimum Gasteiger partial charge on any atom is -0.397 e. The van der Waals surface area contributed by atoms with Crippen molar-refractivity contribution in [2.24, 2.45) is 11.1 Å². The third-order valence-electron chi connectivity index (χ3n) is 3.48. The van der Waals surface area contributed by atoms with Crippen LogP contribution >= 0.6 is 0 Å². The van der Waals surface area contributed by atoms with Gasteiger partial charge in [-0.2, -0.15) is 0 Å². The van der Waals surface area contributed by atoms with Crippen molar-refractivity contribution in [2.45, 2.75) is 23.8 Å². The standard InChI is InChI=1S/C12H19N3O3S/c1-15(7-8-4-9(16)5-8)12-6-10(19(14,17)18)2-3-11(12)13/h2-3,6,8-9,16H,4-5,7,13H2,1H3,(H2,14,17,18). The molecule has 0 radical (unpaired) electrons. The Morgan fingerprint density at radius 3 is 2.58 bits per heavy atom. The Hall–Kier alpha value is -1.31. The van der Waals surface area contributed by atoms with E-state index in [-0.39, 0.29) is 11.0 Å². The molecule has 0 aromatic heterocycles. The van der Waals surface area contributed by atoms with Crippen LogP contribution in [0, 0.1) is 5.92 Å². The maximum atomic E-state index is 11.3. The molecule has 0 bridgehead atoms. The van der Waals surface area contributed by atoms with Crippen molar-refractivity contribution in [1.29, 1.82) is 0 Å². The first-order valence-electron chi connectivity index (χ1n) is 6.09. The molecular weight excluding hydrogens is 266 g/mol. The maximum absolute atomic E-state index is 11.3. The quantitative estimate of drug-likeness (QED) is 0.681. The van der Waals surface area contributed by atoms with Gasteiger partial charge in [0.15, 0.2) is 0 Å². The second-order valence-electron chi connectivity index (χ2n) is 5.14. The molecule has 1 aromatic carbocycles. The predicted octanol–water partition coefficient (Wildman–Crippen LogP) is 0.123. The molecule has 1 saturated carbocycles. The van der Waals surface area contributed by atoms with Gasteiger partial charge in [0.2, 0.25) is 10.0 Å². The SMILES string of the molecule is CN(CC1CC(O)C1)c1cc(S(N)(=O)=O)ccc1N. The molecule has 0 atom stereocenters. The molecule has 0 aliphatic heterocycles. The molecule has 2 rings (SSSR count). The number of sulfonamides is 1. The fourth-order valence-electron chi connectivity index (χ4n) is 2.37. The largest absolute Gasteiger partial charge is 0.397 e. The Morgan fingerprint density at radius 1 is 1.42 bits per heavy atom. The number of aliphatic hydroxyl groups is 1. The Kier molecular flexibility index (Phi) is 3.71. The Balaban J connectivity index is 2.18. The van der Waals surface area contributed by atoms with E-state index in [0.717, 1.165) is 19.4 Å². The highest BCUT2D eigenvalue weighted by atomic mass is 32.2. The topological polar surface area (TPSA) is 110 Å². The lowest BCUT2D eigenvalue weighted by molar-refractivity contribution is 0.0465. The molecule has 6 nitrogen and oxygen atoms in total. The number of benzene rings is 1. The first-order chi connectivity index (χ1) is 8.77. The van der Waals surface area contributed by atoms with E-state index in [1.54, 1.807) is 6.07 Å². The third-order valence-corrected chi connectivity index (χ3v) is 4.40. The van der Waals surface area contributed by atoms with Crippen LogP contribution in [-0.4, -0.2) is 33.2 Å². The molecule has 0 amide bonds. The van der Waals surface area contributed by atoms with Crippen molar-refractivity contribution in [1.82, 2.24) is 0 Å². The van der Waals surface area contributed by atoms with E-state index in [9.17, 15) is 13.5 Å². The van der Waals surface area contributed by atoms with Gasteiger partial charge in [-0.1, -0.05) is 0 Å². The Labute approximate surface area is 113 Å². The second-order valence-corrected chi connectivity index (χ2v) is 6.70. The van der Waals surface area contributed by atoms with Gasteiger partial charge in [0, 0.05) is 13.6 Å². The van der Waals surface area contributed by atoms with Crippen LogP contribution in [0.2, 0.25) is 0 Å². The summed E-state index contributed by atoms with van der Waals surface area (Å²) in [7, 11) is -1.88. The number of nitrogens with two attached hydrogens (primary N) is 2. The molecule has 0 spiro atoms. The van der Waals surface area contributed by atoms with Crippen molar-refractivity contribution < 1.29 is 13.5 Å². The van der Waals surface area contributed by atoms with Crippen LogP contribution in [0.5, 0.6) is 0 Å². The average molecular weight is 285 g/mol. The number of hydrogen-bond acceptors (Lipinski definition) is 5. The van der Waals surface area contributed by atoms with E-state index in [0.29, 0.717) is 17.3 Å². The van der Waals surface area contributed by atoms with Crippen molar-refractivity contribution >= 4 is 21.4 Å². The van der Waals surface area contributed by atoms with Gasteiger partial charge < -0.3 is 15.7 Å². The summed E-state index contributed by atoms with van der Waals surface area (Å²) < 4.78 is 22.7. The van der Waals surface area contributed by atoms with Gasteiger partial charge >= 0.3 is 0 Å². The highest BCUT2D eigenvalue weighted by molar-refractivity contribution is 7.89. The van der Waals surface area contributed by atoms with Gasteiger partial charge in [0.05, 0.1) is 22.4 Å². The number of anilines is 2. The van der Waals surface area contributed by atoms with E-state index >= 15 is 0 Å². The van der Waals surface area contributed by atoms with Gasteiger partial charge in [-0.15, -0.1) is 0 Å². The van der Waals surface area contributed by atoms with Crippen LogP contribution in [0.15, 0.2) is 23.1 Å². The molecule has 1 aromatic rings. The first-order valence-corrected chi connectivity index (χ1v) is 7.63. The van der Waals surface area contributed by atoms with Crippen LogP contribution in [0.1, 0.15) is 12.8 Å². The molecule has 0 unspecified atom stereocenters. The zero-order valence-electron chi connectivity index (χ0n) is 10.8. The minimum absolute atomic E-state index is 0.0530. The Morgan fingerprint density at radius 2 is 2.05 bits per heavy atom. The minimum atomic E-state index is -3.73. The van der Waals surface area contributed by atoms with Crippen molar-refractivity contribution in [2.75, 3.05) is 24.2 Å². The first kappa shape index (κ1) is 14.1. The lowest BCUT2D eigenvalue weighted by Gasteiger charge is -2.35. The Bertz CT molecular complexity index is 568. The normalized spacial score (nSPS) is 22.9. The van der Waals surface area contributed by atoms with Crippen molar-refractivity contribution in [3.05, 3.63) is 18.2 Å². The van der Waals surface area contributed by atoms with E-state index in [1.165, 1.54) is 12.1 Å². The smallest absolute Gasteiger partial charge is 0.238 e. The summed E-state index contributed by atoms with van der Waals surface area (Å²) in [6, 6.07) is 4.43. The van der Waals surface area contributed by atoms with Crippen LogP contribution in [0.25, 0.3) is 0 Å². The number of primary sulfonamides is 1. The van der Waals surface area contributed by atoms with Crippen LogP contribution < -0.4 is 15.8 Å². The molecular formula is C12H19N3O3S. The predicted molar refractivity (Wildman–Crippen MR) is 74.2 cm³/mol. The van der Waals surface area contributed by atoms with Gasteiger partial charge in [0.1, 0.15) is 0 Å². The van der Waals surface area contributed by atoms with Gasteiger partial charge in [-0.25, -0.2) is 13.6 Å². The highest BCUT2D eigenvalue weighted by Crippen LogP contribution is 2.31. The molecule has 1 aliphatic carbocycles. The summed E-state index contributed by atoms with van der Waals surface area (Å²) in [5.74, 6) is 0.414. The van der Waals surface area contributed by atoms with Crippen LogP contribution in [0.4, 0.5) is 11.4 Å². The summed E-state index contributed by atoms with van der Waals surface area (Å²) in [6.07, 6.45) is 1.35. The molecule has 5 N–H and O–H groups in total. The number of nitrogens with zero attached hydrogens (tertiary/aromatic N) is 1. The number of nitrogen functional groups attached to an aromatic ring is 1. The summed E-state index contributed by atoms with van der Waals surface area (Å²) >= 11 is 0. The van der Waals surface area contributed by atoms with Gasteiger partial charge in [-0.3, -0.25) is 0 Å². The van der Waals surface area contributed by atoms with Gasteiger partial charge in [-0.05, 0) is 37.0 Å². The molecule has 0 saturated heterocycles. The molecule has 1 aliphatic rings. The average Bonchev–Trinajstić information content (AvgIpc) is 2.25. The molecule has 0 heterocycles. The molecule has 1 fully saturated rings. The highest BCUT2D eigenvalue weighted by Gasteiger charge is 2.28. The fourth-order valence-corrected chi connectivity index (χ4v) is 2.90. The number of aliphatic hydroxyl groups excluding tert-OH is 1. The van der Waals surface area contributed by atoms with Gasteiger partial charge in [0.25, 0.3) is 0 Å². The van der Waals surface area contributed by atoms with Crippen molar-refractivity contribution in [3.63, 3.8) is 0 Å². The van der Waals surface area contributed by atoms with Crippen LogP contribution in [-0.2, 0) is 10.0 Å². The number of rotatable bonds is 4. The van der Waals surface area contributed by atoms with Crippen LogP contribution in [0.3, 0.4) is 0 Å². The second kappa shape index (κ2) is 4.99. The molecule has 7 heteroatoms. The van der Waals surface area contributed by atoms with E-state index in [2.05, 4.69) is 0 Å².